The van der Waals surface area contributed by atoms with Gasteiger partial charge in [-0.1, -0.05) is 0 Å². The highest BCUT2D eigenvalue weighted by Crippen LogP contribution is 2.19. The third-order valence-electron chi connectivity index (χ3n) is 3.01. The number of nitrogens with one attached hydrogen (secondary N) is 1. The first-order valence-corrected chi connectivity index (χ1v) is 7.23. The average Bonchev–Trinajstić information content (AvgIpc) is 2.86. The van der Waals surface area contributed by atoms with E-state index in [-0.39, 0.29) is 24.1 Å². The predicted molar refractivity (Wildman–Crippen MR) is 89.4 cm³/mol. The second-order valence-corrected chi connectivity index (χ2v) is 5.43. The van der Waals surface area contributed by atoms with Gasteiger partial charge in [-0.15, -0.1) is 12.4 Å². The van der Waals surface area contributed by atoms with E-state index in [0.717, 1.165) is 0 Å². The summed E-state index contributed by atoms with van der Waals surface area (Å²) in [4.78, 5) is 13.9. The normalized spacial score (nSPS) is 10.2. The molecule has 0 spiro atoms. The third kappa shape index (κ3) is 4.28. The zero-order valence-electron chi connectivity index (χ0n) is 12.2. The lowest BCUT2D eigenvalue weighted by Crippen LogP contribution is -2.33. The topological polar surface area (TPSA) is 50.2 Å². The summed E-state index contributed by atoms with van der Waals surface area (Å²) >= 11 is 3.35. The van der Waals surface area contributed by atoms with E-state index in [0.29, 0.717) is 28.9 Å². The highest BCUT2D eigenvalue weighted by Gasteiger charge is 2.19. The van der Waals surface area contributed by atoms with E-state index in [4.69, 9.17) is 0 Å². The molecule has 8 heteroatoms. The Bertz CT molecular complexity index is 632. The lowest BCUT2D eigenvalue weighted by molar-refractivity contribution is 0.0789. The molecule has 0 aliphatic carbocycles. The molecule has 5 nitrogen and oxygen atoms in total. The van der Waals surface area contributed by atoms with Gasteiger partial charge in [0.05, 0.1) is 10.2 Å². The summed E-state index contributed by atoms with van der Waals surface area (Å²) in [7, 11) is 3.56. The van der Waals surface area contributed by atoms with Gasteiger partial charge in [0.25, 0.3) is 5.91 Å². The number of hydrogen-bond acceptors (Lipinski definition) is 3. The van der Waals surface area contributed by atoms with Crippen LogP contribution in [0.3, 0.4) is 0 Å². The molecule has 1 amide bonds. The third-order valence-corrected chi connectivity index (χ3v) is 3.59. The Hall–Kier alpha value is -1.44. The molecule has 0 saturated heterocycles. The lowest BCUT2D eigenvalue weighted by Gasteiger charge is -2.15. The average molecular weight is 392 g/mol. The molecule has 0 atom stereocenters. The summed E-state index contributed by atoms with van der Waals surface area (Å²) < 4.78 is 15.1. The van der Waals surface area contributed by atoms with Gasteiger partial charge < -0.3 is 10.2 Å². The van der Waals surface area contributed by atoms with E-state index in [1.807, 2.05) is 7.05 Å². The van der Waals surface area contributed by atoms with Crippen molar-refractivity contribution in [3.05, 3.63) is 46.4 Å². The first kappa shape index (κ1) is 18.6. The van der Waals surface area contributed by atoms with Crippen LogP contribution in [0.2, 0.25) is 0 Å². The van der Waals surface area contributed by atoms with Gasteiger partial charge in [-0.2, -0.15) is 5.10 Å². The smallest absolute Gasteiger partial charge is 0.275 e. The molecule has 0 radical (unpaired) electrons. The van der Waals surface area contributed by atoms with E-state index in [1.165, 1.54) is 12.1 Å². The number of amides is 1. The standard InChI is InChI=1S/C14H16BrFN4O.ClH/c1-17-7-8-19(2)14(21)13-12(15)9-20(18-13)11-5-3-10(16)4-6-11;/h3-6,9,17H,7-8H2,1-2H3;1H. The summed E-state index contributed by atoms with van der Waals surface area (Å²) in [6.07, 6.45) is 1.69. The molecule has 1 aromatic carbocycles. The van der Waals surface area contributed by atoms with Crippen molar-refractivity contribution in [1.82, 2.24) is 20.0 Å². The number of aromatic nitrogens is 2. The monoisotopic (exact) mass is 390 g/mol. The molecule has 1 aromatic heterocycles. The number of rotatable bonds is 5. The molecule has 1 heterocycles. The highest BCUT2D eigenvalue weighted by atomic mass is 79.9. The van der Waals surface area contributed by atoms with Gasteiger partial charge in [0, 0.05) is 26.3 Å². The number of carbonyl (C=O) groups is 1. The minimum atomic E-state index is -0.312. The maximum absolute atomic E-state index is 12.9. The van der Waals surface area contributed by atoms with Gasteiger partial charge in [0.2, 0.25) is 0 Å². The molecule has 1 N–H and O–H groups in total. The second kappa shape index (κ2) is 8.26. The lowest BCUT2D eigenvalue weighted by atomic mass is 10.3. The van der Waals surface area contributed by atoms with Gasteiger partial charge in [0.15, 0.2) is 5.69 Å². The van der Waals surface area contributed by atoms with Crippen LogP contribution >= 0.6 is 28.3 Å². The van der Waals surface area contributed by atoms with Gasteiger partial charge in [0.1, 0.15) is 5.82 Å². The van der Waals surface area contributed by atoms with Crippen molar-refractivity contribution in [3.8, 4) is 5.69 Å². The second-order valence-electron chi connectivity index (χ2n) is 4.58. The maximum Gasteiger partial charge on any atom is 0.275 e. The Labute approximate surface area is 143 Å². The number of hydrogen-bond donors (Lipinski definition) is 1. The molecular weight excluding hydrogens is 375 g/mol. The number of halogens is 3. The van der Waals surface area contributed by atoms with E-state index >= 15 is 0 Å². The van der Waals surface area contributed by atoms with Crippen molar-refractivity contribution in [2.45, 2.75) is 0 Å². The van der Waals surface area contributed by atoms with Crippen LogP contribution in [0.4, 0.5) is 4.39 Å². The minimum Gasteiger partial charge on any atom is -0.339 e. The highest BCUT2D eigenvalue weighted by molar-refractivity contribution is 9.10. The summed E-state index contributed by atoms with van der Waals surface area (Å²) in [6.45, 7) is 1.30. The fraction of sp³-hybridized carbons (Fsp3) is 0.286. The van der Waals surface area contributed by atoms with Crippen LogP contribution in [0.5, 0.6) is 0 Å². The van der Waals surface area contributed by atoms with Crippen LogP contribution in [0.1, 0.15) is 10.5 Å². The molecule has 0 bridgehead atoms. The Kier molecular flexibility index (Phi) is 6.99. The van der Waals surface area contributed by atoms with E-state index in [1.54, 1.807) is 35.0 Å². The van der Waals surface area contributed by atoms with Gasteiger partial charge in [-0.3, -0.25) is 4.79 Å². The summed E-state index contributed by atoms with van der Waals surface area (Å²) in [5.74, 6) is -0.481. The Morgan fingerprint density at radius 2 is 2.05 bits per heavy atom. The van der Waals surface area contributed by atoms with Crippen LogP contribution in [0.15, 0.2) is 34.9 Å². The molecule has 0 saturated carbocycles. The van der Waals surface area contributed by atoms with Crippen molar-refractivity contribution >= 4 is 34.2 Å². The van der Waals surface area contributed by atoms with Crippen molar-refractivity contribution in [1.29, 1.82) is 0 Å². The van der Waals surface area contributed by atoms with Crippen LogP contribution in [-0.2, 0) is 0 Å². The van der Waals surface area contributed by atoms with E-state index in [9.17, 15) is 9.18 Å². The molecule has 0 fully saturated rings. The number of carbonyl (C=O) groups excluding carboxylic acids is 1. The molecule has 2 rings (SSSR count). The molecule has 22 heavy (non-hydrogen) atoms. The molecule has 120 valence electrons. The van der Waals surface area contributed by atoms with Crippen molar-refractivity contribution in [3.63, 3.8) is 0 Å². The summed E-state index contributed by atoms with van der Waals surface area (Å²) in [5, 5.41) is 7.26. The Morgan fingerprint density at radius 1 is 1.41 bits per heavy atom. The quantitative estimate of drug-likeness (QED) is 0.852. The number of benzene rings is 1. The maximum atomic E-state index is 12.9. The van der Waals surface area contributed by atoms with E-state index in [2.05, 4.69) is 26.3 Å². The van der Waals surface area contributed by atoms with E-state index < -0.39 is 0 Å². The molecule has 0 aliphatic heterocycles. The van der Waals surface area contributed by atoms with Crippen molar-refractivity contribution in [2.75, 3.05) is 27.2 Å². The van der Waals surface area contributed by atoms with Crippen LogP contribution < -0.4 is 5.32 Å². The Balaban J connectivity index is 0.00000242. The first-order valence-electron chi connectivity index (χ1n) is 6.44. The fourth-order valence-corrected chi connectivity index (χ4v) is 2.23. The van der Waals surface area contributed by atoms with Crippen molar-refractivity contribution in [2.24, 2.45) is 0 Å². The molecule has 2 aromatic rings. The van der Waals surface area contributed by atoms with Gasteiger partial charge in [-0.05, 0) is 47.2 Å². The molecule has 0 aliphatic rings. The molecule has 0 unspecified atom stereocenters. The first-order chi connectivity index (χ1) is 10.0. The van der Waals surface area contributed by atoms with Gasteiger partial charge in [-0.25, -0.2) is 9.07 Å². The SMILES string of the molecule is CNCCN(C)C(=O)c1nn(-c2ccc(F)cc2)cc1Br.Cl. The summed E-state index contributed by atoms with van der Waals surface area (Å²) in [6, 6.07) is 5.92. The zero-order valence-corrected chi connectivity index (χ0v) is 14.6. The summed E-state index contributed by atoms with van der Waals surface area (Å²) in [5.41, 5.74) is 1.02. The van der Waals surface area contributed by atoms with Gasteiger partial charge >= 0.3 is 0 Å². The predicted octanol–water partition coefficient (Wildman–Crippen LogP) is 2.49. The zero-order chi connectivity index (χ0) is 15.4. The van der Waals surface area contributed by atoms with Crippen molar-refractivity contribution < 1.29 is 9.18 Å². The molecular formula is C14H17BrClFN4O. The Morgan fingerprint density at radius 3 is 2.64 bits per heavy atom. The number of likely N-dealkylation sites (N-methyl/N-ethyl adjacent to an activating group) is 2. The largest absolute Gasteiger partial charge is 0.339 e. The number of nitrogens with zero attached hydrogens (tertiary/aromatic N) is 3. The minimum absolute atomic E-state index is 0. The van der Waals surface area contributed by atoms with Crippen LogP contribution in [0.25, 0.3) is 5.69 Å². The van der Waals surface area contributed by atoms with Crippen LogP contribution in [-0.4, -0.2) is 47.8 Å². The van der Waals surface area contributed by atoms with Crippen LogP contribution in [0, 0.1) is 5.82 Å². The fourth-order valence-electron chi connectivity index (χ4n) is 1.79.